The second-order valence-electron chi connectivity index (χ2n) is 4.82. The molecular weight excluding hydrogens is 371 g/mol. The van der Waals surface area contributed by atoms with E-state index in [1.165, 1.54) is 0 Å². The fourth-order valence-electron chi connectivity index (χ4n) is 1.89. The number of carbonyl (C=O) groups excluding carboxylic acids is 1. The Hall–Kier alpha value is -1.75. The molecule has 0 aliphatic rings. The highest BCUT2D eigenvalue weighted by molar-refractivity contribution is 6.35. The van der Waals surface area contributed by atoms with E-state index in [1.807, 2.05) is 19.1 Å². The molecule has 0 unspecified atom stereocenters. The third kappa shape index (κ3) is 5.41. The highest BCUT2D eigenvalue weighted by atomic mass is 35.5. The summed E-state index contributed by atoms with van der Waals surface area (Å²) in [6.45, 7) is 1.74. The molecule has 0 radical (unpaired) electrons. The first-order valence-corrected chi connectivity index (χ1v) is 8.32. The molecule has 0 saturated heterocycles. The second-order valence-corrected chi connectivity index (χ2v) is 6.10. The second kappa shape index (κ2) is 8.92. The summed E-state index contributed by atoms with van der Waals surface area (Å²) in [7, 11) is 0. The largest absolute Gasteiger partial charge is 0.482 e. The molecule has 0 bridgehead atoms. The smallest absolute Gasteiger partial charge is 0.277 e. The molecule has 2 aromatic carbocycles. The van der Waals surface area contributed by atoms with E-state index in [0.29, 0.717) is 27.2 Å². The van der Waals surface area contributed by atoms with Crippen LogP contribution in [0.25, 0.3) is 0 Å². The summed E-state index contributed by atoms with van der Waals surface area (Å²) >= 11 is 17.6. The lowest BCUT2D eigenvalue weighted by molar-refractivity contribution is -0.123. The maximum Gasteiger partial charge on any atom is 0.277 e. The van der Waals surface area contributed by atoms with E-state index in [9.17, 15) is 4.79 Å². The van der Waals surface area contributed by atoms with E-state index >= 15 is 0 Å². The number of hydrogen-bond donors (Lipinski definition) is 1. The van der Waals surface area contributed by atoms with Crippen molar-refractivity contribution in [3.63, 3.8) is 0 Å². The number of nitrogens with one attached hydrogen (secondary N) is 1. The van der Waals surface area contributed by atoms with E-state index in [0.717, 1.165) is 11.3 Å². The summed E-state index contributed by atoms with van der Waals surface area (Å²) in [5.41, 5.74) is 4.10. The standard InChI is InChI=1S/C17H15Cl3N2O2/c1-2-15(11-3-5-12(18)6-4-11)21-22-17(23)10-24-16-8-7-13(19)9-14(16)20/h3-9H,2,10H2,1H3,(H,22,23)/b21-15+. The molecule has 0 aliphatic carbocycles. The Morgan fingerprint density at radius 3 is 2.38 bits per heavy atom. The molecule has 0 aliphatic heterocycles. The van der Waals surface area contributed by atoms with Gasteiger partial charge in [0.2, 0.25) is 0 Å². The molecule has 1 amide bonds. The summed E-state index contributed by atoms with van der Waals surface area (Å²) in [5.74, 6) is -0.00505. The van der Waals surface area contributed by atoms with Gasteiger partial charge in [-0.05, 0) is 42.3 Å². The molecule has 1 N–H and O–H groups in total. The third-order valence-electron chi connectivity index (χ3n) is 3.08. The van der Waals surface area contributed by atoms with E-state index in [4.69, 9.17) is 39.5 Å². The van der Waals surface area contributed by atoms with Crippen molar-refractivity contribution in [2.75, 3.05) is 6.61 Å². The minimum atomic E-state index is -0.388. The quantitative estimate of drug-likeness (QED) is 0.564. The van der Waals surface area contributed by atoms with Crippen LogP contribution in [0.2, 0.25) is 15.1 Å². The third-order valence-corrected chi connectivity index (χ3v) is 3.86. The number of amides is 1. The molecule has 0 saturated carbocycles. The maximum atomic E-state index is 11.9. The summed E-state index contributed by atoms with van der Waals surface area (Å²) in [5, 5.41) is 5.61. The SMILES string of the molecule is CC/C(=N\NC(=O)COc1ccc(Cl)cc1Cl)c1ccc(Cl)cc1. The molecule has 0 heterocycles. The van der Waals surface area contributed by atoms with Gasteiger partial charge in [0.05, 0.1) is 10.7 Å². The topological polar surface area (TPSA) is 50.7 Å². The normalized spacial score (nSPS) is 11.2. The van der Waals surface area contributed by atoms with Gasteiger partial charge in [-0.25, -0.2) is 5.43 Å². The van der Waals surface area contributed by atoms with Crippen molar-refractivity contribution >= 4 is 46.4 Å². The minimum absolute atomic E-state index is 0.206. The number of benzene rings is 2. The van der Waals surface area contributed by atoms with Crippen molar-refractivity contribution in [2.45, 2.75) is 13.3 Å². The molecule has 126 valence electrons. The molecule has 24 heavy (non-hydrogen) atoms. The van der Waals surface area contributed by atoms with E-state index < -0.39 is 0 Å². The van der Waals surface area contributed by atoms with Crippen LogP contribution < -0.4 is 10.2 Å². The lowest BCUT2D eigenvalue weighted by Crippen LogP contribution is -2.26. The summed E-state index contributed by atoms with van der Waals surface area (Å²) in [6.07, 6.45) is 0.659. The van der Waals surface area contributed by atoms with E-state index in [1.54, 1.807) is 30.3 Å². The van der Waals surface area contributed by atoms with Crippen LogP contribution >= 0.6 is 34.8 Å². The van der Waals surface area contributed by atoms with Crippen LogP contribution in [-0.4, -0.2) is 18.2 Å². The van der Waals surface area contributed by atoms with Gasteiger partial charge in [-0.3, -0.25) is 4.79 Å². The Labute approximate surface area is 155 Å². The van der Waals surface area contributed by atoms with E-state index in [-0.39, 0.29) is 12.5 Å². The van der Waals surface area contributed by atoms with E-state index in [2.05, 4.69) is 10.5 Å². The number of rotatable bonds is 6. The van der Waals surface area contributed by atoms with Crippen LogP contribution in [0.5, 0.6) is 5.75 Å². The minimum Gasteiger partial charge on any atom is -0.482 e. The van der Waals surface area contributed by atoms with Gasteiger partial charge in [-0.15, -0.1) is 0 Å². The fourth-order valence-corrected chi connectivity index (χ4v) is 2.48. The monoisotopic (exact) mass is 384 g/mol. The van der Waals surface area contributed by atoms with Gasteiger partial charge in [0.25, 0.3) is 5.91 Å². The predicted octanol–water partition coefficient (Wildman–Crippen LogP) is 4.96. The van der Waals surface area contributed by atoms with Gasteiger partial charge >= 0.3 is 0 Å². The Morgan fingerprint density at radius 1 is 1.08 bits per heavy atom. The Kier molecular flexibility index (Phi) is 6.91. The van der Waals surface area contributed by atoms with Crippen molar-refractivity contribution < 1.29 is 9.53 Å². The zero-order chi connectivity index (χ0) is 17.5. The lowest BCUT2D eigenvalue weighted by atomic mass is 10.1. The predicted molar refractivity (Wildman–Crippen MR) is 98.4 cm³/mol. The lowest BCUT2D eigenvalue weighted by Gasteiger charge is -2.08. The first kappa shape index (κ1) is 18.6. The molecule has 0 aromatic heterocycles. The van der Waals surface area contributed by atoms with Gasteiger partial charge in [0, 0.05) is 10.0 Å². The van der Waals surface area contributed by atoms with Crippen molar-refractivity contribution in [1.82, 2.24) is 5.43 Å². The fraction of sp³-hybridized carbons (Fsp3) is 0.176. The first-order chi connectivity index (χ1) is 11.5. The molecule has 0 spiro atoms. The van der Waals surface area contributed by atoms with Crippen LogP contribution in [0.3, 0.4) is 0 Å². The summed E-state index contributed by atoms with van der Waals surface area (Å²) < 4.78 is 5.35. The van der Waals surface area contributed by atoms with Crippen molar-refractivity contribution in [3.05, 3.63) is 63.1 Å². The number of carbonyl (C=O) groups is 1. The summed E-state index contributed by atoms with van der Waals surface area (Å²) in [6, 6.07) is 12.0. The molecule has 2 rings (SSSR count). The zero-order valence-electron chi connectivity index (χ0n) is 12.9. The van der Waals surface area contributed by atoms with Gasteiger partial charge in [0.15, 0.2) is 6.61 Å². The van der Waals surface area contributed by atoms with Gasteiger partial charge < -0.3 is 4.74 Å². The average molecular weight is 386 g/mol. The molecule has 7 heteroatoms. The average Bonchev–Trinajstić information content (AvgIpc) is 2.56. The van der Waals surface area contributed by atoms with Gasteiger partial charge in [0.1, 0.15) is 5.75 Å². The maximum absolute atomic E-state index is 11.9. The van der Waals surface area contributed by atoms with Crippen LogP contribution in [0.15, 0.2) is 47.6 Å². The number of hydrazone groups is 1. The van der Waals surface area contributed by atoms with Gasteiger partial charge in [-0.1, -0.05) is 53.9 Å². The first-order valence-electron chi connectivity index (χ1n) is 7.18. The highest BCUT2D eigenvalue weighted by Gasteiger charge is 2.07. The molecule has 4 nitrogen and oxygen atoms in total. The molecule has 0 fully saturated rings. The number of nitrogens with zero attached hydrogens (tertiary/aromatic N) is 1. The number of ether oxygens (including phenoxy) is 1. The Morgan fingerprint density at radius 2 is 1.75 bits per heavy atom. The van der Waals surface area contributed by atoms with Crippen LogP contribution in [-0.2, 0) is 4.79 Å². The molecule has 0 atom stereocenters. The molecule has 2 aromatic rings. The Balaban J connectivity index is 1.94. The van der Waals surface area contributed by atoms with Crippen molar-refractivity contribution in [1.29, 1.82) is 0 Å². The number of hydrogen-bond acceptors (Lipinski definition) is 3. The number of halogens is 3. The van der Waals surface area contributed by atoms with Crippen molar-refractivity contribution in [3.8, 4) is 5.75 Å². The highest BCUT2D eigenvalue weighted by Crippen LogP contribution is 2.27. The zero-order valence-corrected chi connectivity index (χ0v) is 15.1. The van der Waals surface area contributed by atoms with Crippen LogP contribution in [0, 0.1) is 0 Å². The van der Waals surface area contributed by atoms with Crippen LogP contribution in [0.4, 0.5) is 0 Å². The van der Waals surface area contributed by atoms with Crippen LogP contribution in [0.1, 0.15) is 18.9 Å². The Bertz CT molecular complexity index is 746. The van der Waals surface area contributed by atoms with Gasteiger partial charge in [-0.2, -0.15) is 5.10 Å². The molecular formula is C17H15Cl3N2O2. The summed E-state index contributed by atoms with van der Waals surface area (Å²) in [4.78, 5) is 11.9. The van der Waals surface area contributed by atoms with Crippen molar-refractivity contribution in [2.24, 2.45) is 5.10 Å².